The molecule has 0 saturated carbocycles. The van der Waals surface area contributed by atoms with Crippen molar-refractivity contribution in [1.82, 2.24) is 15.3 Å². The SMILES string of the molecule is O=C(NCCc1cncnc1)C1c2ccccc2Oc2ccccc21. The van der Waals surface area contributed by atoms with Crippen molar-refractivity contribution in [2.24, 2.45) is 0 Å². The van der Waals surface area contributed by atoms with Crippen molar-refractivity contribution < 1.29 is 9.53 Å². The first-order valence-electron chi connectivity index (χ1n) is 8.20. The number of carbonyl (C=O) groups excluding carboxylic acids is 1. The third-order valence-electron chi connectivity index (χ3n) is 4.27. The standard InChI is InChI=1S/C20H17N3O2/c24-20(23-10-9-14-11-21-13-22-12-14)19-15-5-1-3-7-17(15)25-18-8-4-2-6-16(18)19/h1-8,11-13,19H,9-10H2,(H,23,24). The fraction of sp³-hybridized carbons (Fsp3) is 0.150. The lowest BCUT2D eigenvalue weighted by molar-refractivity contribution is -0.121. The molecule has 124 valence electrons. The Morgan fingerprint density at radius 1 is 0.960 bits per heavy atom. The number of nitrogens with one attached hydrogen (secondary N) is 1. The van der Waals surface area contributed by atoms with Crippen molar-refractivity contribution in [2.75, 3.05) is 6.54 Å². The fourth-order valence-corrected chi connectivity index (χ4v) is 3.08. The summed E-state index contributed by atoms with van der Waals surface area (Å²) < 4.78 is 5.94. The average Bonchev–Trinajstić information content (AvgIpc) is 2.66. The maximum atomic E-state index is 12.9. The summed E-state index contributed by atoms with van der Waals surface area (Å²) in [6.45, 7) is 0.536. The van der Waals surface area contributed by atoms with E-state index >= 15 is 0 Å². The molecule has 0 aliphatic carbocycles. The minimum Gasteiger partial charge on any atom is -0.457 e. The highest BCUT2D eigenvalue weighted by Gasteiger charge is 2.32. The summed E-state index contributed by atoms with van der Waals surface area (Å²) >= 11 is 0. The van der Waals surface area contributed by atoms with E-state index in [0.29, 0.717) is 13.0 Å². The molecule has 1 N–H and O–H groups in total. The molecule has 0 radical (unpaired) electrons. The first kappa shape index (κ1) is 15.3. The van der Waals surface area contributed by atoms with E-state index in [0.717, 1.165) is 28.2 Å². The van der Waals surface area contributed by atoms with Crippen LogP contribution in [0.1, 0.15) is 22.6 Å². The van der Waals surface area contributed by atoms with E-state index in [-0.39, 0.29) is 11.8 Å². The van der Waals surface area contributed by atoms with Crippen molar-refractivity contribution in [2.45, 2.75) is 12.3 Å². The Morgan fingerprint density at radius 3 is 2.20 bits per heavy atom. The van der Waals surface area contributed by atoms with Crippen LogP contribution in [-0.2, 0) is 11.2 Å². The van der Waals surface area contributed by atoms with Crippen molar-refractivity contribution >= 4 is 5.91 Å². The Balaban J connectivity index is 1.55. The molecule has 25 heavy (non-hydrogen) atoms. The summed E-state index contributed by atoms with van der Waals surface area (Å²) in [6.07, 6.45) is 5.72. The molecule has 5 heteroatoms. The van der Waals surface area contributed by atoms with Gasteiger partial charge in [0.05, 0.1) is 5.92 Å². The van der Waals surface area contributed by atoms with Crippen LogP contribution < -0.4 is 10.1 Å². The molecule has 1 amide bonds. The number of rotatable bonds is 4. The van der Waals surface area contributed by atoms with Gasteiger partial charge in [-0.25, -0.2) is 9.97 Å². The molecule has 0 atom stereocenters. The van der Waals surface area contributed by atoms with Crippen LogP contribution in [0, 0.1) is 0 Å². The summed E-state index contributed by atoms with van der Waals surface area (Å²) in [4.78, 5) is 20.9. The maximum absolute atomic E-state index is 12.9. The monoisotopic (exact) mass is 331 g/mol. The highest BCUT2D eigenvalue weighted by Crippen LogP contribution is 2.43. The lowest BCUT2D eigenvalue weighted by Gasteiger charge is -2.27. The topological polar surface area (TPSA) is 64.1 Å². The van der Waals surface area contributed by atoms with Gasteiger partial charge >= 0.3 is 0 Å². The molecule has 0 spiro atoms. The predicted octanol–water partition coefficient (Wildman–Crippen LogP) is 3.07. The van der Waals surface area contributed by atoms with Gasteiger partial charge in [0.15, 0.2) is 0 Å². The molecular formula is C20H17N3O2. The Bertz CT molecular complexity index is 851. The third kappa shape index (κ3) is 3.08. The number of fused-ring (bicyclic) bond motifs is 2. The van der Waals surface area contributed by atoms with E-state index in [2.05, 4.69) is 15.3 Å². The molecule has 3 aromatic rings. The smallest absolute Gasteiger partial charge is 0.232 e. The Morgan fingerprint density at radius 2 is 1.56 bits per heavy atom. The zero-order valence-corrected chi connectivity index (χ0v) is 13.6. The van der Waals surface area contributed by atoms with Gasteiger partial charge < -0.3 is 10.1 Å². The predicted molar refractivity (Wildman–Crippen MR) is 93.5 cm³/mol. The van der Waals surface area contributed by atoms with Gasteiger partial charge in [0.25, 0.3) is 0 Å². The van der Waals surface area contributed by atoms with Crippen LogP contribution in [-0.4, -0.2) is 22.4 Å². The van der Waals surface area contributed by atoms with Crippen LogP contribution >= 0.6 is 0 Å². The van der Waals surface area contributed by atoms with Gasteiger partial charge in [0.1, 0.15) is 17.8 Å². The van der Waals surface area contributed by atoms with Gasteiger partial charge in [-0.15, -0.1) is 0 Å². The van der Waals surface area contributed by atoms with E-state index in [9.17, 15) is 4.79 Å². The lowest BCUT2D eigenvalue weighted by atomic mass is 9.87. The summed E-state index contributed by atoms with van der Waals surface area (Å²) in [7, 11) is 0. The van der Waals surface area contributed by atoms with Crippen molar-refractivity contribution in [1.29, 1.82) is 0 Å². The molecule has 0 unspecified atom stereocenters. The summed E-state index contributed by atoms with van der Waals surface area (Å²) in [5.74, 6) is 1.07. The average molecular weight is 331 g/mol. The molecule has 1 aliphatic rings. The normalized spacial score (nSPS) is 12.6. The van der Waals surface area contributed by atoms with Crippen molar-refractivity contribution in [3.63, 3.8) is 0 Å². The zero-order chi connectivity index (χ0) is 17.1. The van der Waals surface area contributed by atoms with Gasteiger partial charge in [-0.1, -0.05) is 36.4 Å². The molecule has 0 bridgehead atoms. The van der Waals surface area contributed by atoms with Gasteiger partial charge in [-0.3, -0.25) is 4.79 Å². The lowest BCUT2D eigenvalue weighted by Crippen LogP contribution is -2.33. The third-order valence-corrected chi connectivity index (χ3v) is 4.27. The fourth-order valence-electron chi connectivity index (χ4n) is 3.08. The number of hydrogen-bond acceptors (Lipinski definition) is 4. The number of nitrogens with zero attached hydrogens (tertiary/aromatic N) is 2. The summed E-state index contributed by atoms with van der Waals surface area (Å²) in [6, 6.07) is 15.4. The Labute approximate surface area is 145 Å². The molecule has 5 nitrogen and oxygen atoms in total. The van der Waals surface area contributed by atoms with Crippen molar-refractivity contribution in [3.05, 3.63) is 83.9 Å². The van der Waals surface area contributed by atoms with E-state index in [1.165, 1.54) is 6.33 Å². The Hall–Kier alpha value is -3.21. The van der Waals surface area contributed by atoms with Gasteiger partial charge in [0, 0.05) is 30.1 Å². The number of ether oxygens (including phenoxy) is 1. The van der Waals surface area contributed by atoms with Crippen LogP contribution in [0.4, 0.5) is 0 Å². The number of amides is 1. The first-order valence-corrected chi connectivity index (χ1v) is 8.20. The van der Waals surface area contributed by atoms with Crippen LogP contribution in [0.2, 0.25) is 0 Å². The van der Waals surface area contributed by atoms with Crippen LogP contribution in [0.25, 0.3) is 0 Å². The second-order valence-electron chi connectivity index (χ2n) is 5.90. The van der Waals surface area contributed by atoms with E-state index in [1.54, 1.807) is 12.4 Å². The largest absolute Gasteiger partial charge is 0.457 e. The van der Waals surface area contributed by atoms with Gasteiger partial charge in [-0.2, -0.15) is 0 Å². The van der Waals surface area contributed by atoms with E-state index in [4.69, 9.17) is 4.74 Å². The number of hydrogen-bond donors (Lipinski definition) is 1. The molecule has 0 fully saturated rings. The van der Waals surface area contributed by atoms with E-state index in [1.807, 2.05) is 48.5 Å². The van der Waals surface area contributed by atoms with Gasteiger partial charge in [-0.05, 0) is 24.1 Å². The van der Waals surface area contributed by atoms with Gasteiger partial charge in [0.2, 0.25) is 5.91 Å². The number of carbonyl (C=O) groups is 1. The van der Waals surface area contributed by atoms with Crippen LogP contribution in [0.5, 0.6) is 11.5 Å². The van der Waals surface area contributed by atoms with Crippen LogP contribution in [0.15, 0.2) is 67.3 Å². The molecule has 2 heterocycles. The van der Waals surface area contributed by atoms with Crippen molar-refractivity contribution in [3.8, 4) is 11.5 Å². The second-order valence-corrected chi connectivity index (χ2v) is 5.90. The molecule has 0 saturated heterocycles. The number of benzene rings is 2. The minimum atomic E-state index is -0.367. The second kappa shape index (κ2) is 6.73. The summed E-state index contributed by atoms with van der Waals surface area (Å²) in [5, 5.41) is 3.03. The molecule has 1 aliphatic heterocycles. The van der Waals surface area contributed by atoms with Crippen LogP contribution in [0.3, 0.4) is 0 Å². The summed E-state index contributed by atoms with van der Waals surface area (Å²) in [5.41, 5.74) is 2.78. The minimum absolute atomic E-state index is 0.0277. The first-order chi connectivity index (χ1) is 12.3. The number of aromatic nitrogens is 2. The zero-order valence-electron chi connectivity index (χ0n) is 13.6. The molecule has 2 aromatic carbocycles. The molecule has 1 aromatic heterocycles. The highest BCUT2D eigenvalue weighted by atomic mass is 16.5. The number of para-hydroxylation sites is 2. The highest BCUT2D eigenvalue weighted by molar-refractivity contribution is 5.89. The quantitative estimate of drug-likeness (QED) is 0.798. The molecule has 4 rings (SSSR count). The molecular weight excluding hydrogens is 314 g/mol. The van der Waals surface area contributed by atoms with E-state index < -0.39 is 0 Å². The Kier molecular flexibility index (Phi) is 4.12. The maximum Gasteiger partial charge on any atom is 0.232 e.